The number of thioether (sulfide) groups is 1. The molecular weight excluding hydrogens is 296 g/mol. The zero-order valence-corrected chi connectivity index (χ0v) is 14.7. The molecule has 0 aliphatic carbocycles. The van der Waals surface area contributed by atoms with Crippen molar-refractivity contribution < 1.29 is 0 Å². The summed E-state index contributed by atoms with van der Waals surface area (Å²) < 4.78 is 0. The van der Waals surface area contributed by atoms with Crippen molar-refractivity contribution in [1.82, 2.24) is 0 Å². The van der Waals surface area contributed by atoms with E-state index in [1.165, 1.54) is 21.6 Å². The molecular formula is C22H24S. The van der Waals surface area contributed by atoms with E-state index < -0.39 is 0 Å². The summed E-state index contributed by atoms with van der Waals surface area (Å²) in [5, 5.41) is 0. The van der Waals surface area contributed by atoms with Gasteiger partial charge in [-0.05, 0) is 41.9 Å². The first-order chi connectivity index (χ1) is 11.3. The molecule has 23 heavy (non-hydrogen) atoms. The molecule has 0 N–H and O–H groups in total. The molecule has 1 heteroatoms. The molecule has 0 radical (unpaired) electrons. The van der Waals surface area contributed by atoms with Gasteiger partial charge in [0.1, 0.15) is 0 Å². The second kappa shape index (κ2) is 11.4. The third-order valence-corrected chi connectivity index (χ3v) is 4.11. The summed E-state index contributed by atoms with van der Waals surface area (Å²) in [7, 11) is 0. The van der Waals surface area contributed by atoms with Gasteiger partial charge in [0.2, 0.25) is 0 Å². The highest BCUT2D eigenvalue weighted by Crippen LogP contribution is 2.30. The zero-order valence-electron chi connectivity index (χ0n) is 13.9. The van der Waals surface area contributed by atoms with E-state index in [-0.39, 0.29) is 0 Å². The van der Waals surface area contributed by atoms with E-state index in [0.29, 0.717) is 0 Å². The van der Waals surface area contributed by atoms with Crippen LogP contribution in [-0.4, -0.2) is 6.26 Å². The van der Waals surface area contributed by atoms with Gasteiger partial charge < -0.3 is 0 Å². The quantitative estimate of drug-likeness (QED) is 0.337. The Bertz CT molecular complexity index is 662. The highest BCUT2D eigenvalue weighted by molar-refractivity contribution is 7.98. The Morgan fingerprint density at radius 2 is 1.70 bits per heavy atom. The fraction of sp³-hybridized carbons (Fsp3) is 0.182. The average Bonchev–Trinajstić information content (AvgIpc) is 2.63. The minimum Gasteiger partial charge on any atom is -0.129 e. The van der Waals surface area contributed by atoms with Crippen molar-refractivity contribution in [1.29, 1.82) is 0 Å². The lowest BCUT2D eigenvalue weighted by atomic mass is 10.0. The van der Waals surface area contributed by atoms with Crippen LogP contribution in [0.2, 0.25) is 0 Å². The minimum atomic E-state index is 0.976. The number of hydrogen-bond donors (Lipinski definition) is 0. The van der Waals surface area contributed by atoms with Gasteiger partial charge in [-0.2, -0.15) is 0 Å². The normalized spacial score (nSPS) is 10.6. The van der Waals surface area contributed by atoms with Crippen LogP contribution in [0.5, 0.6) is 0 Å². The lowest BCUT2D eigenvalue weighted by Gasteiger charge is -2.08. The van der Waals surface area contributed by atoms with E-state index in [0.717, 1.165) is 12.8 Å². The van der Waals surface area contributed by atoms with Crippen LogP contribution in [0, 0.1) is 12.8 Å². The largest absolute Gasteiger partial charge is 0.129 e. The molecule has 0 unspecified atom stereocenters. The van der Waals surface area contributed by atoms with Gasteiger partial charge in [0, 0.05) is 4.90 Å². The van der Waals surface area contributed by atoms with Crippen molar-refractivity contribution in [2.75, 3.05) is 6.26 Å². The predicted molar refractivity (Wildman–Crippen MR) is 106 cm³/mol. The molecule has 0 saturated carbocycles. The fourth-order valence-electron chi connectivity index (χ4n) is 2.25. The van der Waals surface area contributed by atoms with Crippen molar-refractivity contribution in [2.45, 2.75) is 24.7 Å². The molecule has 0 aliphatic heterocycles. The molecule has 0 bridgehead atoms. The Hall–Kier alpha value is -2.17. The summed E-state index contributed by atoms with van der Waals surface area (Å²) in [6.07, 6.45) is 20.8. The van der Waals surface area contributed by atoms with Crippen LogP contribution in [0.1, 0.15) is 18.9 Å². The van der Waals surface area contributed by atoms with Gasteiger partial charge in [-0.25, -0.2) is 0 Å². The van der Waals surface area contributed by atoms with Gasteiger partial charge in [-0.15, -0.1) is 24.6 Å². The molecule has 2 rings (SSSR count). The molecule has 0 aliphatic rings. The van der Waals surface area contributed by atoms with Crippen LogP contribution in [0.3, 0.4) is 0 Å². The van der Waals surface area contributed by atoms with Gasteiger partial charge in [0.15, 0.2) is 0 Å². The van der Waals surface area contributed by atoms with E-state index >= 15 is 0 Å². The second-order valence-corrected chi connectivity index (χ2v) is 5.72. The van der Waals surface area contributed by atoms with Crippen LogP contribution in [0.15, 0.2) is 77.7 Å². The van der Waals surface area contributed by atoms with Crippen LogP contribution >= 0.6 is 11.8 Å². The first-order valence-electron chi connectivity index (χ1n) is 7.72. The topological polar surface area (TPSA) is 0 Å². The molecule has 0 amide bonds. The van der Waals surface area contributed by atoms with Crippen molar-refractivity contribution in [3.8, 4) is 24.0 Å². The maximum Gasteiger partial charge on any atom is 0.0148 e. The summed E-state index contributed by atoms with van der Waals surface area (Å²) in [5.41, 5.74) is 3.97. The van der Waals surface area contributed by atoms with Gasteiger partial charge in [0.25, 0.3) is 0 Å². The lowest BCUT2D eigenvalue weighted by Crippen LogP contribution is -1.85. The zero-order chi connectivity index (χ0) is 16.9. The Kier molecular flexibility index (Phi) is 9.36. The summed E-state index contributed by atoms with van der Waals surface area (Å²) in [6, 6.07) is 17.4. The molecule has 2 aromatic carbocycles. The number of rotatable bonds is 6. The average molecular weight is 321 g/mol. The first kappa shape index (κ1) is 18.9. The first-order valence-corrected chi connectivity index (χ1v) is 8.95. The predicted octanol–water partition coefficient (Wildman–Crippen LogP) is 6.39. The van der Waals surface area contributed by atoms with Gasteiger partial charge >= 0.3 is 0 Å². The number of benzene rings is 2. The minimum absolute atomic E-state index is 0.976. The Labute approximate surface area is 145 Å². The van der Waals surface area contributed by atoms with Crippen molar-refractivity contribution >= 4 is 11.8 Å². The van der Waals surface area contributed by atoms with E-state index in [9.17, 15) is 0 Å². The maximum absolute atomic E-state index is 4.00. The Balaban J connectivity index is 0.00000127. The second-order valence-electron chi connectivity index (χ2n) is 4.87. The van der Waals surface area contributed by atoms with Crippen molar-refractivity contribution in [3.05, 3.63) is 78.4 Å². The molecule has 0 nitrogen and oxygen atoms in total. The van der Waals surface area contributed by atoms with Gasteiger partial charge in [-0.3, -0.25) is 0 Å². The third kappa shape index (κ3) is 6.22. The fourth-order valence-corrected chi connectivity index (χ4v) is 2.87. The van der Waals surface area contributed by atoms with Crippen LogP contribution in [-0.2, 0) is 6.42 Å². The monoisotopic (exact) mass is 320 g/mol. The summed E-state index contributed by atoms with van der Waals surface area (Å²) >= 11 is 1.80. The van der Waals surface area contributed by atoms with Crippen LogP contribution in [0.25, 0.3) is 11.1 Å². The molecule has 0 atom stereocenters. The van der Waals surface area contributed by atoms with Crippen LogP contribution < -0.4 is 0 Å². The Morgan fingerprint density at radius 1 is 0.957 bits per heavy atom. The number of hydrogen-bond acceptors (Lipinski definition) is 1. The number of terminal acetylenes is 1. The van der Waals surface area contributed by atoms with Crippen LogP contribution in [0.4, 0.5) is 0 Å². The lowest BCUT2D eigenvalue weighted by molar-refractivity contribution is 1.22. The smallest absolute Gasteiger partial charge is 0.0148 e. The molecule has 2 aromatic rings. The van der Waals surface area contributed by atoms with Crippen molar-refractivity contribution in [3.63, 3.8) is 0 Å². The maximum atomic E-state index is 4.00. The SMILES string of the molecule is C#C.CC/C=C\C=C/Cc1cccc(-c2ccccc2SC)c1. The van der Waals surface area contributed by atoms with Gasteiger partial charge in [-0.1, -0.05) is 73.7 Å². The summed E-state index contributed by atoms with van der Waals surface area (Å²) in [5.74, 6) is 0. The number of allylic oxidation sites excluding steroid dienone is 4. The van der Waals surface area contributed by atoms with Crippen molar-refractivity contribution in [2.24, 2.45) is 0 Å². The standard InChI is InChI=1S/C20H22S.C2H2/c1-3-4-5-6-7-11-17-12-10-13-18(16-17)19-14-8-9-15-20(19)21-2;1-2/h4-10,12-16H,3,11H2,1-2H3;1-2H/b5-4-,7-6-;. The van der Waals surface area contributed by atoms with E-state index in [1.807, 2.05) is 0 Å². The highest BCUT2D eigenvalue weighted by atomic mass is 32.2. The molecule has 118 valence electrons. The molecule has 0 saturated heterocycles. The third-order valence-electron chi connectivity index (χ3n) is 3.32. The molecule has 0 fully saturated rings. The van der Waals surface area contributed by atoms with E-state index in [4.69, 9.17) is 0 Å². The summed E-state index contributed by atoms with van der Waals surface area (Å²) in [4.78, 5) is 1.33. The van der Waals surface area contributed by atoms with E-state index in [2.05, 4.69) is 98.9 Å². The summed E-state index contributed by atoms with van der Waals surface area (Å²) in [6.45, 7) is 2.15. The van der Waals surface area contributed by atoms with Gasteiger partial charge in [0.05, 0.1) is 0 Å². The Morgan fingerprint density at radius 3 is 2.43 bits per heavy atom. The molecule has 0 aromatic heterocycles. The molecule has 0 spiro atoms. The van der Waals surface area contributed by atoms with E-state index in [1.54, 1.807) is 11.8 Å². The molecule has 0 heterocycles. The highest BCUT2D eigenvalue weighted by Gasteiger charge is 2.03.